The molecule has 19 heavy (non-hydrogen) atoms. The first-order valence-electron chi connectivity index (χ1n) is 6.60. The second-order valence-electron chi connectivity index (χ2n) is 5.41. The molecule has 2 N–H and O–H groups in total. The summed E-state index contributed by atoms with van der Waals surface area (Å²) in [6.45, 7) is 1.92. The zero-order chi connectivity index (χ0) is 14.0. The number of nitrogens with one attached hydrogen (secondary N) is 1. The molecular formula is C14H20N2O3. The quantitative estimate of drug-likeness (QED) is 0.761. The molecule has 1 aromatic heterocycles. The SMILES string of the molecule is C[C@@H](CCc1cccn1C)NC(=O)C1(C(=O)O)CC1. The number of carboxylic acid groups (broad SMARTS) is 1. The molecule has 2 rings (SSSR count). The lowest BCUT2D eigenvalue weighted by molar-refractivity contribution is -0.149. The summed E-state index contributed by atoms with van der Waals surface area (Å²) < 4.78 is 2.05. The van der Waals surface area contributed by atoms with Gasteiger partial charge in [0.05, 0.1) is 0 Å². The average molecular weight is 264 g/mol. The predicted molar refractivity (Wildman–Crippen MR) is 70.6 cm³/mol. The lowest BCUT2D eigenvalue weighted by Crippen LogP contribution is -2.41. The fourth-order valence-corrected chi connectivity index (χ4v) is 2.22. The molecule has 0 bridgehead atoms. The molecule has 5 nitrogen and oxygen atoms in total. The van der Waals surface area contributed by atoms with Crippen molar-refractivity contribution in [2.75, 3.05) is 0 Å². The highest BCUT2D eigenvalue weighted by atomic mass is 16.4. The van der Waals surface area contributed by atoms with Crippen LogP contribution in [0.4, 0.5) is 0 Å². The van der Waals surface area contributed by atoms with Gasteiger partial charge in [0.25, 0.3) is 0 Å². The van der Waals surface area contributed by atoms with E-state index in [4.69, 9.17) is 5.11 Å². The number of hydrogen-bond acceptors (Lipinski definition) is 2. The number of aryl methyl sites for hydroxylation is 2. The molecule has 0 spiro atoms. The third kappa shape index (κ3) is 2.80. The first-order chi connectivity index (χ1) is 8.95. The van der Waals surface area contributed by atoms with E-state index in [0.29, 0.717) is 12.8 Å². The zero-order valence-corrected chi connectivity index (χ0v) is 11.3. The lowest BCUT2D eigenvalue weighted by Gasteiger charge is -2.17. The maximum Gasteiger partial charge on any atom is 0.319 e. The van der Waals surface area contributed by atoms with E-state index in [2.05, 4.69) is 5.32 Å². The summed E-state index contributed by atoms with van der Waals surface area (Å²) in [6, 6.07) is 4.02. The molecule has 1 aliphatic rings. The van der Waals surface area contributed by atoms with E-state index < -0.39 is 11.4 Å². The van der Waals surface area contributed by atoms with Gasteiger partial charge in [0, 0.05) is 25.0 Å². The molecule has 1 atom stereocenters. The van der Waals surface area contributed by atoms with Gasteiger partial charge in [-0.2, -0.15) is 0 Å². The summed E-state index contributed by atoms with van der Waals surface area (Å²) in [7, 11) is 1.99. The number of rotatable bonds is 6. The summed E-state index contributed by atoms with van der Waals surface area (Å²) >= 11 is 0. The fourth-order valence-electron chi connectivity index (χ4n) is 2.22. The monoisotopic (exact) mass is 264 g/mol. The normalized spacial score (nSPS) is 17.8. The number of carboxylic acids is 1. The minimum atomic E-state index is -1.14. The van der Waals surface area contributed by atoms with Gasteiger partial charge in [0.15, 0.2) is 0 Å². The van der Waals surface area contributed by atoms with Crippen LogP contribution in [0.2, 0.25) is 0 Å². The molecule has 1 fully saturated rings. The van der Waals surface area contributed by atoms with E-state index in [0.717, 1.165) is 12.8 Å². The van der Waals surface area contributed by atoms with Crippen molar-refractivity contribution in [1.29, 1.82) is 0 Å². The number of carbonyl (C=O) groups is 2. The van der Waals surface area contributed by atoms with E-state index in [1.54, 1.807) is 0 Å². The van der Waals surface area contributed by atoms with Crippen molar-refractivity contribution in [2.24, 2.45) is 12.5 Å². The fraction of sp³-hybridized carbons (Fsp3) is 0.571. The van der Waals surface area contributed by atoms with Crippen LogP contribution in [-0.4, -0.2) is 27.6 Å². The molecule has 5 heteroatoms. The molecule has 0 radical (unpaired) electrons. The van der Waals surface area contributed by atoms with Gasteiger partial charge in [-0.05, 0) is 44.7 Å². The van der Waals surface area contributed by atoms with E-state index in [-0.39, 0.29) is 11.9 Å². The van der Waals surface area contributed by atoms with Crippen molar-refractivity contribution in [3.8, 4) is 0 Å². The van der Waals surface area contributed by atoms with Crippen LogP contribution in [0.15, 0.2) is 18.3 Å². The predicted octanol–water partition coefficient (Wildman–Crippen LogP) is 1.33. The van der Waals surface area contributed by atoms with E-state index >= 15 is 0 Å². The highest BCUT2D eigenvalue weighted by Gasteiger charge is 2.57. The van der Waals surface area contributed by atoms with Crippen molar-refractivity contribution >= 4 is 11.9 Å². The average Bonchev–Trinajstić information content (AvgIpc) is 3.06. The summed E-state index contributed by atoms with van der Waals surface area (Å²) in [6.07, 6.45) is 4.57. The summed E-state index contributed by atoms with van der Waals surface area (Å²) in [5.74, 6) is -1.33. The number of nitrogens with zero attached hydrogens (tertiary/aromatic N) is 1. The maximum atomic E-state index is 11.9. The first kappa shape index (κ1) is 13.6. The highest BCUT2D eigenvalue weighted by Crippen LogP contribution is 2.46. The van der Waals surface area contributed by atoms with Crippen LogP contribution in [0.5, 0.6) is 0 Å². The Morgan fingerprint density at radius 3 is 2.68 bits per heavy atom. The molecule has 1 saturated carbocycles. The smallest absolute Gasteiger partial charge is 0.319 e. The highest BCUT2D eigenvalue weighted by molar-refractivity contribution is 6.04. The molecule has 1 heterocycles. The number of aliphatic carboxylic acids is 1. The number of amides is 1. The minimum absolute atomic E-state index is 0.0146. The van der Waals surface area contributed by atoms with Gasteiger partial charge >= 0.3 is 5.97 Å². The van der Waals surface area contributed by atoms with Crippen molar-refractivity contribution < 1.29 is 14.7 Å². The van der Waals surface area contributed by atoms with Crippen LogP contribution >= 0.6 is 0 Å². The Kier molecular flexibility index (Phi) is 3.64. The summed E-state index contributed by atoms with van der Waals surface area (Å²) in [5, 5.41) is 11.9. The van der Waals surface area contributed by atoms with Gasteiger partial charge in [-0.15, -0.1) is 0 Å². The summed E-state index contributed by atoms with van der Waals surface area (Å²) in [5.41, 5.74) is 0.0691. The largest absolute Gasteiger partial charge is 0.480 e. The van der Waals surface area contributed by atoms with Crippen molar-refractivity contribution in [2.45, 2.75) is 38.6 Å². The second kappa shape index (κ2) is 5.07. The Bertz CT molecular complexity index is 489. The van der Waals surface area contributed by atoms with Gasteiger partial charge in [-0.25, -0.2) is 0 Å². The lowest BCUT2D eigenvalue weighted by atomic mass is 10.1. The molecule has 104 valence electrons. The third-order valence-corrected chi connectivity index (χ3v) is 3.86. The Labute approximate surface area is 112 Å². The third-order valence-electron chi connectivity index (χ3n) is 3.86. The van der Waals surface area contributed by atoms with Crippen LogP contribution in [0.3, 0.4) is 0 Å². The Morgan fingerprint density at radius 1 is 1.53 bits per heavy atom. The van der Waals surface area contributed by atoms with Crippen LogP contribution in [0.25, 0.3) is 0 Å². The van der Waals surface area contributed by atoms with Crippen LogP contribution in [-0.2, 0) is 23.1 Å². The molecule has 1 aromatic rings. The Hall–Kier alpha value is -1.78. The zero-order valence-electron chi connectivity index (χ0n) is 11.3. The Morgan fingerprint density at radius 2 is 2.21 bits per heavy atom. The first-order valence-corrected chi connectivity index (χ1v) is 6.60. The Balaban J connectivity index is 1.82. The molecule has 0 unspecified atom stereocenters. The van der Waals surface area contributed by atoms with Gasteiger partial charge in [-0.3, -0.25) is 9.59 Å². The number of hydrogen-bond donors (Lipinski definition) is 2. The van der Waals surface area contributed by atoms with Gasteiger partial charge < -0.3 is 15.0 Å². The molecular weight excluding hydrogens is 244 g/mol. The van der Waals surface area contributed by atoms with E-state index in [1.807, 2.05) is 36.9 Å². The molecule has 0 aromatic carbocycles. The molecule has 0 aliphatic heterocycles. The van der Waals surface area contributed by atoms with Crippen LogP contribution in [0.1, 0.15) is 31.9 Å². The molecule has 1 amide bonds. The van der Waals surface area contributed by atoms with Crippen LogP contribution in [0, 0.1) is 5.41 Å². The van der Waals surface area contributed by atoms with Crippen molar-refractivity contribution in [3.63, 3.8) is 0 Å². The topological polar surface area (TPSA) is 71.3 Å². The van der Waals surface area contributed by atoms with Crippen molar-refractivity contribution in [3.05, 3.63) is 24.0 Å². The number of aromatic nitrogens is 1. The van der Waals surface area contributed by atoms with Crippen LogP contribution < -0.4 is 5.32 Å². The molecule has 1 aliphatic carbocycles. The van der Waals surface area contributed by atoms with Gasteiger partial charge in [0.2, 0.25) is 5.91 Å². The number of carbonyl (C=O) groups excluding carboxylic acids is 1. The summed E-state index contributed by atoms with van der Waals surface area (Å²) in [4.78, 5) is 22.9. The van der Waals surface area contributed by atoms with E-state index in [1.165, 1.54) is 5.69 Å². The van der Waals surface area contributed by atoms with Gasteiger partial charge in [0.1, 0.15) is 5.41 Å². The maximum absolute atomic E-state index is 11.9. The van der Waals surface area contributed by atoms with Crippen molar-refractivity contribution in [1.82, 2.24) is 9.88 Å². The second-order valence-corrected chi connectivity index (χ2v) is 5.41. The van der Waals surface area contributed by atoms with Gasteiger partial charge in [-0.1, -0.05) is 0 Å². The minimum Gasteiger partial charge on any atom is -0.480 e. The molecule has 0 saturated heterocycles. The van der Waals surface area contributed by atoms with E-state index in [9.17, 15) is 9.59 Å². The standard InChI is InChI=1S/C14H20N2O3/c1-10(5-6-11-4-3-9-16(11)2)15-12(17)14(7-8-14)13(18)19/h3-4,9-10H,5-8H2,1-2H3,(H,15,17)(H,18,19)/t10-/m0/s1.